The van der Waals surface area contributed by atoms with Gasteiger partial charge in [-0.1, -0.05) is 50.3 Å². The largest absolute Gasteiger partial charge is 0.392 e. The van der Waals surface area contributed by atoms with Crippen molar-refractivity contribution in [2.45, 2.75) is 71.3 Å². The third kappa shape index (κ3) is 4.35. The van der Waals surface area contributed by atoms with E-state index in [4.69, 9.17) is 0 Å². The maximum atomic E-state index is 10.5. The van der Waals surface area contributed by atoms with E-state index in [-0.39, 0.29) is 6.10 Å². The number of hydrogen-bond donors (Lipinski definition) is 1. The molecule has 0 saturated heterocycles. The minimum atomic E-state index is -0.153. The number of hydrogen-bond acceptors (Lipinski definition) is 1. The summed E-state index contributed by atoms with van der Waals surface area (Å²) in [6, 6.07) is 6.59. The monoisotopic (exact) mass is 260 g/mol. The van der Waals surface area contributed by atoms with Gasteiger partial charge in [-0.2, -0.15) is 0 Å². The summed E-state index contributed by atoms with van der Waals surface area (Å²) in [5, 5.41) is 10.5. The second-order valence-corrected chi connectivity index (χ2v) is 6.30. The van der Waals surface area contributed by atoms with Crippen molar-refractivity contribution in [1.29, 1.82) is 0 Å². The molecule has 0 bridgehead atoms. The highest BCUT2D eigenvalue weighted by molar-refractivity contribution is 5.30. The Bertz CT molecular complexity index is 389. The van der Waals surface area contributed by atoms with E-state index in [0.717, 1.165) is 6.42 Å². The zero-order valence-corrected chi connectivity index (χ0v) is 12.5. The smallest absolute Gasteiger partial charge is 0.0608 e. The molecular formula is C18H28O. The summed E-state index contributed by atoms with van der Waals surface area (Å²) in [4.78, 5) is 0. The van der Waals surface area contributed by atoms with Crippen molar-refractivity contribution in [1.82, 2.24) is 0 Å². The molecule has 1 unspecified atom stereocenters. The lowest BCUT2D eigenvalue weighted by Gasteiger charge is -2.25. The van der Waals surface area contributed by atoms with Crippen LogP contribution < -0.4 is 0 Å². The van der Waals surface area contributed by atoms with Gasteiger partial charge in [0.2, 0.25) is 0 Å². The van der Waals surface area contributed by atoms with Crippen molar-refractivity contribution in [3.05, 3.63) is 34.9 Å². The first-order chi connectivity index (χ1) is 9.16. The maximum absolute atomic E-state index is 10.5. The van der Waals surface area contributed by atoms with Gasteiger partial charge >= 0.3 is 0 Å². The average molecular weight is 260 g/mol. The van der Waals surface area contributed by atoms with E-state index < -0.39 is 0 Å². The molecule has 1 aromatic carbocycles. The molecule has 1 N–H and O–H groups in total. The summed E-state index contributed by atoms with van der Waals surface area (Å²) < 4.78 is 0. The Hall–Kier alpha value is -0.820. The third-order valence-corrected chi connectivity index (χ3v) is 4.71. The summed E-state index contributed by atoms with van der Waals surface area (Å²) in [6.07, 6.45) is 9.80. The topological polar surface area (TPSA) is 20.2 Å². The van der Waals surface area contributed by atoms with Crippen LogP contribution >= 0.6 is 0 Å². The molecule has 0 amide bonds. The predicted octanol–water partition coefficient (Wildman–Crippen LogP) is 4.57. The average Bonchev–Trinajstić information content (AvgIpc) is 2.33. The molecular weight excluding hydrogens is 232 g/mol. The standard InChI is InChI=1S/C18H28O/c1-14-10-11-16(12-15(14)2)13-18(19)17-8-6-4-3-5-7-9-17/h10-12,17-19H,3-9,13H2,1-2H3. The van der Waals surface area contributed by atoms with Crippen LogP contribution in [0.15, 0.2) is 18.2 Å². The fourth-order valence-electron chi connectivity index (χ4n) is 3.21. The third-order valence-electron chi connectivity index (χ3n) is 4.71. The number of aryl methyl sites for hydroxylation is 2. The van der Waals surface area contributed by atoms with E-state index in [2.05, 4.69) is 32.0 Å². The Balaban J connectivity index is 1.94. The summed E-state index contributed by atoms with van der Waals surface area (Å²) in [7, 11) is 0. The SMILES string of the molecule is Cc1ccc(CC(O)C2CCCCCCC2)cc1C. The van der Waals surface area contributed by atoms with Gasteiger partial charge in [-0.05, 0) is 55.7 Å². The number of rotatable bonds is 3. The molecule has 1 nitrogen and oxygen atoms in total. The second kappa shape index (κ2) is 7.09. The molecule has 1 aliphatic carbocycles. The maximum Gasteiger partial charge on any atom is 0.0608 e. The zero-order valence-electron chi connectivity index (χ0n) is 12.5. The van der Waals surface area contributed by atoms with Gasteiger partial charge < -0.3 is 5.11 Å². The first-order valence-corrected chi connectivity index (χ1v) is 7.91. The molecule has 1 aliphatic rings. The Morgan fingerprint density at radius 3 is 2.26 bits per heavy atom. The van der Waals surface area contributed by atoms with Crippen LogP contribution in [0.2, 0.25) is 0 Å². The summed E-state index contributed by atoms with van der Waals surface area (Å²) in [5.74, 6) is 0.516. The number of aliphatic hydroxyl groups is 1. The van der Waals surface area contributed by atoms with Crippen LogP contribution in [0.4, 0.5) is 0 Å². The molecule has 1 heteroatoms. The van der Waals surface area contributed by atoms with E-state index in [9.17, 15) is 5.11 Å². The molecule has 0 heterocycles. The highest BCUT2D eigenvalue weighted by atomic mass is 16.3. The molecule has 106 valence electrons. The minimum Gasteiger partial charge on any atom is -0.392 e. The van der Waals surface area contributed by atoms with Crippen molar-refractivity contribution in [3.8, 4) is 0 Å². The van der Waals surface area contributed by atoms with Gasteiger partial charge in [-0.15, -0.1) is 0 Å². The summed E-state index contributed by atoms with van der Waals surface area (Å²) in [5.41, 5.74) is 3.96. The van der Waals surface area contributed by atoms with E-state index >= 15 is 0 Å². The van der Waals surface area contributed by atoms with Crippen LogP contribution in [-0.2, 0) is 6.42 Å². The lowest BCUT2D eigenvalue weighted by molar-refractivity contribution is 0.0913. The first-order valence-electron chi connectivity index (χ1n) is 7.91. The quantitative estimate of drug-likeness (QED) is 0.844. The number of aliphatic hydroxyl groups excluding tert-OH is 1. The fraction of sp³-hybridized carbons (Fsp3) is 0.667. The van der Waals surface area contributed by atoms with Crippen molar-refractivity contribution in [3.63, 3.8) is 0 Å². The fourth-order valence-corrected chi connectivity index (χ4v) is 3.21. The molecule has 0 radical (unpaired) electrons. The van der Waals surface area contributed by atoms with Crippen molar-refractivity contribution in [2.75, 3.05) is 0 Å². The highest BCUT2D eigenvalue weighted by Crippen LogP contribution is 2.26. The normalized spacial score (nSPS) is 19.7. The molecule has 0 aliphatic heterocycles. The highest BCUT2D eigenvalue weighted by Gasteiger charge is 2.20. The summed E-state index contributed by atoms with van der Waals surface area (Å²) in [6.45, 7) is 4.30. The summed E-state index contributed by atoms with van der Waals surface area (Å²) >= 11 is 0. The van der Waals surface area contributed by atoms with E-state index in [0.29, 0.717) is 5.92 Å². The van der Waals surface area contributed by atoms with Gasteiger partial charge in [-0.3, -0.25) is 0 Å². The van der Waals surface area contributed by atoms with Gasteiger partial charge in [0.25, 0.3) is 0 Å². The van der Waals surface area contributed by atoms with Crippen LogP contribution in [0.5, 0.6) is 0 Å². The Morgan fingerprint density at radius 1 is 1.00 bits per heavy atom. The van der Waals surface area contributed by atoms with Crippen LogP contribution in [0, 0.1) is 19.8 Å². The molecule has 0 aromatic heterocycles. The molecule has 0 spiro atoms. The zero-order chi connectivity index (χ0) is 13.7. The molecule has 1 saturated carbocycles. The van der Waals surface area contributed by atoms with Crippen LogP contribution in [0.25, 0.3) is 0 Å². The van der Waals surface area contributed by atoms with Gasteiger partial charge in [0.05, 0.1) is 6.10 Å². The van der Waals surface area contributed by atoms with Crippen molar-refractivity contribution >= 4 is 0 Å². The first kappa shape index (κ1) is 14.6. The van der Waals surface area contributed by atoms with Gasteiger partial charge in [0.1, 0.15) is 0 Å². The van der Waals surface area contributed by atoms with E-state index in [1.807, 2.05) is 0 Å². The lowest BCUT2D eigenvalue weighted by atomic mass is 9.85. The number of benzene rings is 1. The van der Waals surface area contributed by atoms with Crippen LogP contribution in [0.1, 0.15) is 61.6 Å². The molecule has 1 fully saturated rings. The van der Waals surface area contributed by atoms with Crippen LogP contribution in [0.3, 0.4) is 0 Å². The lowest BCUT2D eigenvalue weighted by Crippen LogP contribution is -2.23. The molecule has 1 aromatic rings. The van der Waals surface area contributed by atoms with Crippen molar-refractivity contribution in [2.24, 2.45) is 5.92 Å². The molecule has 1 atom stereocenters. The molecule has 19 heavy (non-hydrogen) atoms. The Labute approximate surface area is 118 Å². The predicted molar refractivity (Wildman–Crippen MR) is 81.4 cm³/mol. The van der Waals surface area contributed by atoms with Gasteiger partial charge in [-0.25, -0.2) is 0 Å². The minimum absolute atomic E-state index is 0.153. The van der Waals surface area contributed by atoms with Crippen LogP contribution in [-0.4, -0.2) is 11.2 Å². The van der Waals surface area contributed by atoms with E-state index in [1.54, 1.807) is 0 Å². The van der Waals surface area contributed by atoms with Gasteiger partial charge in [0, 0.05) is 0 Å². The Morgan fingerprint density at radius 2 is 1.63 bits per heavy atom. The molecule has 2 rings (SSSR count). The van der Waals surface area contributed by atoms with Gasteiger partial charge in [0.15, 0.2) is 0 Å². The Kier molecular flexibility index (Phi) is 5.45. The van der Waals surface area contributed by atoms with E-state index in [1.165, 1.54) is 61.6 Å². The second-order valence-electron chi connectivity index (χ2n) is 6.30. The van der Waals surface area contributed by atoms with Crippen molar-refractivity contribution < 1.29 is 5.11 Å².